The molecular weight excluding hydrogens is 352 g/mol. The molecule has 5 nitrogen and oxygen atoms in total. The average Bonchev–Trinajstić information content (AvgIpc) is 2.93. The van der Waals surface area contributed by atoms with Gasteiger partial charge in [0.05, 0.1) is 24.8 Å². The molecule has 5 heteroatoms. The van der Waals surface area contributed by atoms with Crippen LogP contribution in [-0.4, -0.2) is 43.2 Å². The topological polar surface area (TPSA) is 43.7 Å². The predicted molar refractivity (Wildman–Crippen MR) is 112 cm³/mol. The highest BCUT2D eigenvalue weighted by Gasteiger charge is 2.23. The summed E-state index contributed by atoms with van der Waals surface area (Å²) in [5, 5.41) is 0.867. The van der Waals surface area contributed by atoms with E-state index in [1.165, 1.54) is 5.56 Å². The van der Waals surface area contributed by atoms with Crippen molar-refractivity contribution < 1.29 is 14.3 Å². The smallest absolute Gasteiger partial charge is 0.340 e. The van der Waals surface area contributed by atoms with Gasteiger partial charge >= 0.3 is 5.97 Å². The number of rotatable bonds is 7. The molecule has 0 saturated heterocycles. The second-order valence-electron chi connectivity index (χ2n) is 7.17. The van der Waals surface area contributed by atoms with Crippen LogP contribution in [0.1, 0.15) is 34.1 Å². The van der Waals surface area contributed by atoms with E-state index in [0.29, 0.717) is 18.7 Å². The summed E-state index contributed by atoms with van der Waals surface area (Å²) in [6.45, 7) is 5.60. The molecule has 0 atom stereocenters. The quantitative estimate of drug-likeness (QED) is 0.575. The monoisotopic (exact) mass is 380 g/mol. The Labute approximate surface area is 166 Å². The number of fused-ring (bicyclic) bond motifs is 1. The van der Waals surface area contributed by atoms with E-state index in [4.69, 9.17) is 9.47 Å². The molecule has 28 heavy (non-hydrogen) atoms. The summed E-state index contributed by atoms with van der Waals surface area (Å²) in [6.07, 6.45) is 0. The predicted octanol–water partition coefficient (Wildman–Crippen LogP) is 4.24. The Morgan fingerprint density at radius 1 is 1.14 bits per heavy atom. The molecule has 148 valence electrons. The van der Waals surface area contributed by atoms with Crippen molar-refractivity contribution in [3.63, 3.8) is 0 Å². The zero-order valence-electron chi connectivity index (χ0n) is 17.3. The third-order valence-corrected chi connectivity index (χ3v) is 4.88. The zero-order chi connectivity index (χ0) is 20.3. The van der Waals surface area contributed by atoms with E-state index in [0.717, 1.165) is 34.5 Å². The normalized spacial score (nSPS) is 11.2. The molecule has 0 radical (unpaired) electrons. The van der Waals surface area contributed by atoms with E-state index in [-0.39, 0.29) is 5.97 Å². The molecule has 1 aromatic heterocycles. The van der Waals surface area contributed by atoms with Crippen molar-refractivity contribution in [1.82, 2.24) is 9.47 Å². The summed E-state index contributed by atoms with van der Waals surface area (Å²) >= 11 is 0. The number of carbonyl (C=O) groups excluding carboxylic acids is 1. The lowest BCUT2D eigenvalue weighted by Gasteiger charge is -2.15. The number of ether oxygens (including phenoxy) is 2. The first-order valence-corrected chi connectivity index (χ1v) is 9.51. The SMILES string of the molecule is CCOC(=O)c1c(C)n(Cc2ccccc2)c2cc(CN(C)C)c(OC)cc12. The standard InChI is InChI=1S/C23H28N2O3/c1-6-28-23(26)22-16(2)25(14-17-10-8-7-9-11-17)20-12-18(15-24(3)4)21(27-5)13-19(20)22/h7-13H,6,14-15H2,1-5H3. The van der Waals surface area contributed by atoms with Crippen molar-refractivity contribution in [3.8, 4) is 5.75 Å². The highest BCUT2D eigenvalue weighted by molar-refractivity contribution is 6.06. The molecule has 0 amide bonds. The van der Waals surface area contributed by atoms with Crippen LogP contribution in [0.2, 0.25) is 0 Å². The molecule has 0 unspecified atom stereocenters. The molecule has 0 aliphatic heterocycles. The number of benzene rings is 2. The van der Waals surface area contributed by atoms with Crippen molar-refractivity contribution in [2.24, 2.45) is 0 Å². The minimum Gasteiger partial charge on any atom is -0.496 e. The Bertz CT molecular complexity index is 975. The molecule has 0 aliphatic carbocycles. The minimum atomic E-state index is -0.292. The summed E-state index contributed by atoms with van der Waals surface area (Å²) in [5.74, 6) is 0.489. The molecule has 0 N–H and O–H groups in total. The van der Waals surface area contributed by atoms with Crippen molar-refractivity contribution >= 4 is 16.9 Å². The Kier molecular flexibility index (Phi) is 6.05. The second-order valence-corrected chi connectivity index (χ2v) is 7.17. The number of nitrogens with zero attached hydrogens (tertiary/aromatic N) is 2. The fourth-order valence-corrected chi connectivity index (χ4v) is 3.63. The lowest BCUT2D eigenvalue weighted by molar-refractivity contribution is 0.0527. The first kappa shape index (κ1) is 20.0. The van der Waals surface area contributed by atoms with Crippen LogP contribution < -0.4 is 4.74 Å². The molecule has 0 fully saturated rings. The minimum absolute atomic E-state index is 0.292. The Morgan fingerprint density at radius 2 is 1.86 bits per heavy atom. The van der Waals surface area contributed by atoms with Gasteiger partial charge in [-0.1, -0.05) is 30.3 Å². The lowest BCUT2D eigenvalue weighted by Crippen LogP contribution is -2.12. The molecule has 0 saturated carbocycles. The van der Waals surface area contributed by atoms with E-state index in [1.807, 2.05) is 52.2 Å². The number of hydrogen-bond donors (Lipinski definition) is 0. The van der Waals surface area contributed by atoms with E-state index in [2.05, 4.69) is 27.7 Å². The number of aromatic nitrogens is 1. The fourth-order valence-electron chi connectivity index (χ4n) is 3.63. The van der Waals surface area contributed by atoms with Gasteiger partial charge in [0.15, 0.2) is 0 Å². The average molecular weight is 380 g/mol. The van der Waals surface area contributed by atoms with Crippen LogP contribution in [0.3, 0.4) is 0 Å². The van der Waals surface area contributed by atoms with Gasteiger partial charge < -0.3 is 18.9 Å². The number of methoxy groups -OCH3 is 1. The molecular formula is C23H28N2O3. The lowest BCUT2D eigenvalue weighted by atomic mass is 10.1. The van der Waals surface area contributed by atoms with Gasteiger partial charge in [0.25, 0.3) is 0 Å². The maximum absolute atomic E-state index is 12.7. The number of hydrogen-bond acceptors (Lipinski definition) is 4. The molecule has 1 heterocycles. The van der Waals surface area contributed by atoms with E-state index in [1.54, 1.807) is 7.11 Å². The Balaban J connectivity index is 2.24. The maximum atomic E-state index is 12.7. The summed E-state index contributed by atoms with van der Waals surface area (Å²) in [4.78, 5) is 14.8. The Hall–Kier alpha value is -2.79. The van der Waals surface area contributed by atoms with Crippen molar-refractivity contribution in [2.75, 3.05) is 27.8 Å². The largest absolute Gasteiger partial charge is 0.496 e. The first-order chi connectivity index (χ1) is 13.5. The molecule has 2 aromatic carbocycles. The van der Waals surface area contributed by atoms with Crippen LogP contribution in [0.5, 0.6) is 5.75 Å². The first-order valence-electron chi connectivity index (χ1n) is 9.51. The van der Waals surface area contributed by atoms with E-state index in [9.17, 15) is 4.79 Å². The third-order valence-electron chi connectivity index (χ3n) is 4.88. The maximum Gasteiger partial charge on any atom is 0.340 e. The van der Waals surface area contributed by atoms with Gasteiger partial charge in [-0.05, 0) is 45.6 Å². The number of carbonyl (C=O) groups is 1. The molecule has 0 aliphatic rings. The van der Waals surface area contributed by atoms with Crippen LogP contribution in [0.4, 0.5) is 0 Å². The summed E-state index contributed by atoms with van der Waals surface area (Å²) in [5.41, 5.74) is 4.80. The fraction of sp³-hybridized carbons (Fsp3) is 0.348. The van der Waals surface area contributed by atoms with Crippen molar-refractivity contribution in [2.45, 2.75) is 26.9 Å². The molecule has 0 bridgehead atoms. The Morgan fingerprint density at radius 3 is 2.46 bits per heavy atom. The third kappa shape index (κ3) is 3.90. The van der Waals surface area contributed by atoms with Gasteiger partial charge in [-0.2, -0.15) is 0 Å². The molecule has 0 spiro atoms. The van der Waals surface area contributed by atoms with Gasteiger partial charge in [0, 0.05) is 29.7 Å². The van der Waals surface area contributed by atoms with Gasteiger partial charge in [-0.15, -0.1) is 0 Å². The summed E-state index contributed by atoms with van der Waals surface area (Å²) in [6, 6.07) is 14.4. The van der Waals surface area contributed by atoms with Crippen LogP contribution >= 0.6 is 0 Å². The van der Waals surface area contributed by atoms with Crippen LogP contribution in [0.25, 0.3) is 10.9 Å². The number of esters is 1. The van der Waals surface area contributed by atoms with Crippen LogP contribution in [0.15, 0.2) is 42.5 Å². The van der Waals surface area contributed by atoms with Crippen molar-refractivity contribution in [3.05, 3.63) is 64.8 Å². The highest BCUT2D eigenvalue weighted by Crippen LogP contribution is 2.33. The summed E-state index contributed by atoms with van der Waals surface area (Å²) < 4.78 is 13.2. The second kappa shape index (κ2) is 8.48. The van der Waals surface area contributed by atoms with Gasteiger partial charge in [-0.25, -0.2) is 4.79 Å². The molecule has 3 rings (SSSR count). The van der Waals surface area contributed by atoms with Crippen LogP contribution in [0, 0.1) is 6.92 Å². The van der Waals surface area contributed by atoms with Gasteiger partial charge in [0.2, 0.25) is 0 Å². The van der Waals surface area contributed by atoms with Crippen LogP contribution in [-0.2, 0) is 17.8 Å². The van der Waals surface area contributed by atoms with Gasteiger partial charge in [-0.3, -0.25) is 0 Å². The van der Waals surface area contributed by atoms with Crippen molar-refractivity contribution in [1.29, 1.82) is 0 Å². The summed E-state index contributed by atoms with van der Waals surface area (Å²) in [7, 11) is 5.72. The molecule has 3 aromatic rings. The van der Waals surface area contributed by atoms with E-state index < -0.39 is 0 Å². The van der Waals surface area contributed by atoms with E-state index >= 15 is 0 Å². The zero-order valence-corrected chi connectivity index (χ0v) is 17.3. The van der Waals surface area contributed by atoms with Gasteiger partial charge in [0.1, 0.15) is 5.75 Å². The highest BCUT2D eigenvalue weighted by atomic mass is 16.5.